The summed E-state index contributed by atoms with van der Waals surface area (Å²) in [5, 5.41) is 0. The summed E-state index contributed by atoms with van der Waals surface area (Å²) in [7, 11) is -4.03. The highest BCUT2D eigenvalue weighted by molar-refractivity contribution is 7.99. The molecule has 0 unspecified atom stereocenters. The molecule has 0 spiro atoms. The fourth-order valence-electron chi connectivity index (χ4n) is 1.95. The van der Waals surface area contributed by atoms with Crippen molar-refractivity contribution in [3.8, 4) is 0 Å². The van der Waals surface area contributed by atoms with Crippen LogP contribution in [0.1, 0.15) is 12.0 Å². The standard InChI is InChI=1S/C16H15F4NO2S2/c17-14-7-1-2-8-15(14)24-10-4-9-21-25(22,23)13-6-3-5-12(11-13)16(18,19)20/h1-3,5-8,11,21H,4,9-10H2. The van der Waals surface area contributed by atoms with Crippen LogP contribution in [0.15, 0.2) is 58.3 Å². The summed E-state index contributed by atoms with van der Waals surface area (Å²) in [4.78, 5) is 0.0207. The molecule has 2 rings (SSSR count). The summed E-state index contributed by atoms with van der Waals surface area (Å²) in [5.41, 5.74) is -1.02. The molecule has 25 heavy (non-hydrogen) atoms. The number of hydrogen-bond donors (Lipinski definition) is 1. The lowest BCUT2D eigenvalue weighted by atomic mass is 10.2. The quantitative estimate of drug-likeness (QED) is 0.433. The number of thioether (sulfide) groups is 1. The molecule has 136 valence electrons. The number of rotatable bonds is 7. The third-order valence-corrected chi connectivity index (χ3v) is 5.77. The molecular formula is C16H15F4NO2S2. The van der Waals surface area contributed by atoms with Gasteiger partial charge in [0.05, 0.1) is 10.5 Å². The molecule has 0 aromatic heterocycles. The van der Waals surface area contributed by atoms with Gasteiger partial charge in [0.25, 0.3) is 0 Å². The Balaban J connectivity index is 1.89. The molecule has 0 radical (unpaired) electrons. The second-order valence-corrected chi connectivity index (χ2v) is 7.96. The van der Waals surface area contributed by atoms with Crippen molar-refractivity contribution in [1.82, 2.24) is 4.72 Å². The lowest BCUT2D eigenvalue weighted by Gasteiger charge is -2.10. The molecular weight excluding hydrogens is 378 g/mol. The molecule has 0 heterocycles. The fraction of sp³-hybridized carbons (Fsp3) is 0.250. The van der Waals surface area contributed by atoms with Gasteiger partial charge < -0.3 is 0 Å². The summed E-state index contributed by atoms with van der Waals surface area (Å²) in [5.74, 6) is 0.114. The highest BCUT2D eigenvalue weighted by Crippen LogP contribution is 2.30. The van der Waals surface area contributed by atoms with Crippen molar-refractivity contribution in [2.24, 2.45) is 0 Å². The van der Waals surface area contributed by atoms with Gasteiger partial charge in [0.2, 0.25) is 10.0 Å². The Morgan fingerprint density at radius 1 is 1.04 bits per heavy atom. The highest BCUT2D eigenvalue weighted by atomic mass is 32.2. The van der Waals surface area contributed by atoms with Gasteiger partial charge in [0.15, 0.2) is 0 Å². The lowest BCUT2D eigenvalue weighted by Crippen LogP contribution is -2.25. The van der Waals surface area contributed by atoms with Crippen molar-refractivity contribution in [3.05, 3.63) is 59.9 Å². The molecule has 0 aliphatic rings. The molecule has 2 aromatic rings. The van der Waals surface area contributed by atoms with Crippen molar-refractivity contribution >= 4 is 21.8 Å². The molecule has 9 heteroatoms. The number of benzene rings is 2. The minimum Gasteiger partial charge on any atom is -0.211 e. The van der Waals surface area contributed by atoms with Crippen LogP contribution in [0.5, 0.6) is 0 Å². The third-order valence-electron chi connectivity index (χ3n) is 3.18. The second kappa shape index (κ2) is 8.20. The van der Waals surface area contributed by atoms with E-state index < -0.39 is 26.7 Å². The lowest BCUT2D eigenvalue weighted by molar-refractivity contribution is -0.137. The van der Waals surface area contributed by atoms with Gasteiger partial charge in [0.1, 0.15) is 5.82 Å². The van der Waals surface area contributed by atoms with E-state index >= 15 is 0 Å². The number of hydrogen-bond acceptors (Lipinski definition) is 3. The Morgan fingerprint density at radius 3 is 2.44 bits per heavy atom. The van der Waals surface area contributed by atoms with Crippen molar-refractivity contribution in [3.63, 3.8) is 0 Å². The summed E-state index contributed by atoms with van der Waals surface area (Å²) in [6.45, 7) is 0.0417. The maximum atomic E-state index is 13.4. The predicted molar refractivity (Wildman–Crippen MR) is 88.4 cm³/mol. The predicted octanol–water partition coefficient (Wildman–Crippen LogP) is 4.31. The van der Waals surface area contributed by atoms with E-state index in [1.807, 2.05) is 0 Å². The Morgan fingerprint density at radius 2 is 1.76 bits per heavy atom. The smallest absolute Gasteiger partial charge is 0.211 e. The van der Waals surface area contributed by atoms with E-state index in [0.29, 0.717) is 23.1 Å². The van der Waals surface area contributed by atoms with Gasteiger partial charge in [-0.05, 0) is 42.5 Å². The molecule has 0 aliphatic heterocycles. The van der Waals surface area contributed by atoms with Crippen LogP contribution >= 0.6 is 11.8 Å². The Labute approximate surface area is 147 Å². The van der Waals surface area contributed by atoms with E-state index in [2.05, 4.69) is 4.72 Å². The van der Waals surface area contributed by atoms with Crippen LogP contribution < -0.4 is 4.72 Å². The first-order chi connectivity index (χ1) is 11.7. The molecule has 0 amide bonds. The minimum atomic E-state index is -4.61. The monoisotopic (exact) mass is 393 g/mol. The van der Waals surface area contributed by atoms with Crippen LogP contribution in [0.4, 0.5) is 17.6 Å². The normalized spacial score (nSPS) is 12.3. The van der Waals surface area contributed by atoms with E-state index in [4.69, 9.17) is 0 Å². The van der Waals surface area contributed by atoms with Gasteiger partial charge in [0, 0.05) is 11.4 Å². The summed E-state index contributed by atoms with van der Waals surface area (Å²) in [6.07, 6.45) is -4.21. The van der Waals surface area contributed by atoms with Crippen LogP contribution in [0.25, 0.3) is 0 Å². The van der Waals surface area contributed by atoms with E-state index in [-0.39, 0.29) is 12.4 Å². The Bertz CT molecular complexity index is 823. The second-order valence-electron chi connectivity index (χ2n) is 5.06. The SMILES string of the molecule is O=S(=O)(NCCCSc1ccccc1F)c1cccc(C(F)(F)F)c1. The zero-order valence-corrected chi connectivity index (χ0v) is 14.5. The maximum absolute atomic E-state index is 13.4. The van der Waals surface area contributed by atoms with Crippen LogP contribution in [-0.4, -0.2) is 20.7 Å². The third kappa shape index (κ3) is 5.72. The van der Waals surface area contributed by atoms with Gasteiger partial charge in [-0.25, -0.2) is 17.5 Å². The molecule has 0 saturated carbocycles. The largest absolute Gasteiger partial charge is 0.416 e. The van der Waals surface area contributed by atoms with E-state index in [0.717, 1.165) is 18.2 Å². The average molecular weight is 393 g/mol. The summed E-state index contributed by atoms with van der Waals surface area (Å²) >= 11 is 1.24. The van der Waals surface area contributed by atoms with Crippen LogP contribution in [0.2, 0.25) is 0 Å². The first-order valence-corrected chi connectivity index (χ1v) is 9.71. The first-order valence-electron chi connectivity index (χ1n) is 7.24. The van der Waals surface area contributed by atoms with Crippen molar-refractivity contribution in [2.45, 2.75) is 22.4 Å². The van der Waals surface area contributed by atoms with Crippen molar-refractivity contribution in [2.75, 3.05) is 12.3 Å². The number of nitrogens with one attached hydrogen (secondary N) is 1. The zero-order chi connectivity index (χ0) is 18.5. The molecule has 2 aromatic carbocycles. The number of halogens is 4. The van der Waals surface area contributed by atoms with E-state index in [1.54, 1.807) is 18.2 Å². The molecule has 3 nitrogen and oxygen atoms in total. The molecule has 1 N–H and O–H groups in total. The molecule has 0 bridgehead atoms. The molecule has 0 saturated heterocycles. The summed E-state index contributed by atoms with van der Waals surface area (Å²) < 4.78 is 77.7. The topological polar surface area (TPSA) is 46.2 Å². The fourth-order valence-corrected chi connectivity index (χ4v) is 3.95. The van der Waals surface area contributed by atoms with Gasteiger partial charge in [-0.2, -0.15) is 13.2 Å². The van der Waals surface area contributed by atoms with Gasteiger partial charge >= 0.3 is 6.18 Å². The van der Waals surface area contributed by atoms with Crippen LogP contribution in [-0.2, 0) is 16.2 Å². The van der Waals surface area contributed by atoms with Crippen molar-refractivity contribution in [1.29, 1.82) is 0 Å². The number of sulfonamides is 1. The first kappa shape index (κ1) is 19.7. The average Bonchev–Trinajstić information content (AvgIpc) is 2.55. The van der Waals surface area contributed by atoms with Gasteiger partial charge in [-0.3, -0.25) is 0 Å². The minimum absolute atomic E-state index is 0.0417. The van der Waals surface area contributed by atoms with E-state index in [9.17, 15) is 26.0 Å². The Kier molecular flexibility index (Phi) is 6.47. The summed E-state index contributed by atoms with van der Waals surface area (Å²) in [6, 6.07) is 9.77. The zero-order valence-electron chi connectivity index (χ0n) is 12.9. The van der Waals surface area contributed by atoms with Crippen molar-refractivity contribution < 1.29 is 26.0 Å². The molecule has 0 atom stereocenters. The maximum Gasteiger partial charge on any atom is 0.416 e. The highest BCUT2D eigenvalue weighted by Gasteiger charge is 2.31. The van der Waals surface area contributed by atoms with E-state index in [1.165, 1.54) is 17.8 Å². The number of alkyl halides is 3. The van der Waals surface area contributed by atoms with Crippen LogP contribution in [0.3, 0.4) is 0 Å². The molecule has 0 aliphatic carbocycles. The molecule has 0 fully saturated rings. The van der Waals surface area contributed by atoms with Gasteiger partial charge in [-0.15, -0.1) is 11.8 Å². The van der Waals surface area contributed by atoms with Crippen LogP contribution in [0, 0.1) is 5.82 Å². The van der Waals surface area contributed by atoms with Gasteiger partial charge in [-0.1, -0.05) is 18.2 Å². The Hall–Kier alpha value is -1.58.